The highest BCUT2D eigenvalue weighted by atomic mass is 16.5. The van der Waals surface area contributed by atoms with Gasteiger partial charge in [0.05, 0.1) is 13.7 Å². The number of aromatic nitrogens is 3. The Labute approximate surface area is 141 Å². The molecule has 1 aromatic heterocycles. The lowest BCUT2D eigenvalue weighted by Crippen LogP contribution is -2.13. The second kappa shape index (κ2) is 7.50. The van der Waals surface area contributed by atoms with Crippen LogP contribution in [-0.2, 0) is 13.2 Å². The van der Waals surface area contributed by atoms with Gasteiger partial charge in [0.1, 0.15) is 19.3 Å². The summed E-state index contributed by atoms with van der Waals surface area (Å²) in [5, 5.41) is 7.54. The Kier molecular flexibility index (Phi) is 4.96. The Morgan fingerprint density at radius 3 is 2.50 bits per heavy atom. The van der Waals surface area contributed by atoms with Crippen LogP contribution in [0.3, 0.4) is 0 Å². The van der Waals surface area contributed by atoms with Gasteiger partial charge in [-0.1, -0.05) is 36.4 Å². The Morgan fingerprint density at radius 1 is 1.00 bits per heavy atom. The number of aryl methyl sites for hydroxylation is 1. The van der Waals surface area contributed by atoms with E-state index in [4.69, 9.17) is 9.47 Å². The summed E-state index contributed by atoms with van der Waals surface area (Å²) in [5.74, 6) is 1.45. The summed E-state index contributed by atoms with van der Waals surface area (Å²) in [7, 11) is 1.65. The third kappa shape index (κ3) is 3.65. The van der Waals surface area contributed by atoms with Crippen molar-refractivity contribution >= 4 is 0 Å². The summed E-state index contributed by atoms with van der Waals surface area (Å²) in [6, 6.07) is 14.0. The maximum Gasteiger partial charge on any atom is 0.166 e. The van der Waals surface area contributed by atoms with Gasteiger partial charge in [0, 0.05) is 5.56 Å². The standard InChI is InChI=1S/C18H20N4O2/c1-14-6-3-4-7-16(14)11-24-18-15(8-5-9-17(18)23-2)10-21-22-12-19-20-13-22/h3-9,12-13,21H,10-11H2,1-2H3. The molecule has 0 fully saturated rings. The molecule has 0 aliphatic heterocycles. The van der Waals surface area contributed by atoms with Crippen LogP contribution in [0.15, 0.2) is 55.1 Å². The van der Waals surface area contributed by atoms with Gasteiger partial charge in [0.2, 0.25) is 0 Å². The van der Waals surface area contributed by atoms with E-state index in [1.165, 1.54) is 5.56 Å². The molecule has 0 radical (unpaired) electrons. The van der Waals surface area contributed by atoms with Gasteiger partial charge in [-0.2, -0.15) is 0 Å². The molecule has 0 unspecified atom stereocenters. The molecule has 24 heavy (non-hydrogen) atoms. The molecule has 6 nitrogen and oxygen atoms in total. The summed E-state index contributed by atoms with van der Waals surface area (Å²) in [6.45, 7) is 3.14. The van der Waals surface area contributed by atoms with E-state index >= 15 is 0 Å². The first-order valence-electron chi connectivity index (χ1n) is 7.69. The van der Waals surface area contributed by atoms with Crippen LogP contribution in [0.4, 0.5) is 0 Å². The van der Waals surface area contributed by atoms with Crippen molar-refractivity contribution in [2.45, 2.75) is 20.1 Å². The van der Waals surface area contributed by atoms with E-state index in [1.54, 1.807) is 24.4 Å². The summed E-state index contributed by atoms with van der Waals surface area (Å²) < 4.78 is 13.2. The van der Waals surface area contributed by atoms with Crippen LogP contribution < -0.4 is 14.9 Å². The van der Waals surface area contributed by atoms with Crippen LogP contribution >= 0.6 is 0 Å². The van der Waals surface area contributed by atoms with E-state index in [0.717, 1.165) is 16.9 Å². The molecule has 0 atom stereocenters. The molecule has 3 aromatic rings. The van der Waals surface area contributed by atoms with E-state index in [0.29, 0.717) is 18.9 Å². The average Bonchev–Trinajstić information content (AvgIpc) is 3.13. The first-order valence-corrected chi connectivity index (χ1v) is 7.69. The molecule has 0 aliphatic rings. The largest absolute Gasteiger partial charge is 0.493 e. The minimum atomic E-state index is 0.493. The van der Waals surface area contributed by atoms with Crippen LogP contribution in [0.5, 0.6) is 11.5 Å². The zero-order chi connectivity index (χ0) is 16.8. The Bertz CT molecular complexity index is 787. The van der Waals surface area contributed by atoms with Crippen LogP contribution in [0.2, 0.25) is 0 Å². The molecular weight excluding hydrogens is 304 g/mol. The fraction of sp³-hybridized carbons (Fsp3) is 0.222. The van der Waals surface area contributed by atoms with Crippen molar-refractivity contribution in [2.75, 3.05) is 12.5 Å². The predicted octanol–water partition coefficient (Wildman–Crippen LogP) is 2.92. The monoisotopic (exact) mass is 324 g/mol. The second-order valence-electron chi connectivity index (χ2n) is 5.37. The molecule has 124 valence electrons. The molecule has 0 bridgehead atoms. The first-order chi connectivity index (χ1) is 11.8. The van der Waals surface area contributed by atoms with Crippen molar-refractivity contribution in [1.82, 2.24) is 14.9 Å². The van der Waals surface area contributed by atoms with Crippen LogP contribution in [-0.4, -0.2) is 22.0 Å². The van der Waals surface area contributed by atoms with Crippen LogP contribution in [0.1, 0.15) is 16.7 Å². The maximum absolute atomic E-state index is 6.09. The lowest BCUT2D eigenvalue weighted by molar-refractivity contribution is 0.281. The van der Waals surface area contributed by atoms with E-state index in [9.17, 15) is 0 Å². The fourth-order valence-electron chi connectivity index (χ4n) is 2.41. The number of methoxy groups -OCH3 is 1. The molecule has 0 aliphatic carbocycles. The van der Waals surface area contributed by atoms with E-state index in [1.807, 2.05) is 30.3 Å². The molecule has 1 heterocycles. The molecule has 0 spiro atoms. The molecule has 0 amide bonds. The highest BCUT2D eigenvalue weighted by Crippen LogP contribution is 2.32. The van der Waals surface area contributed by atoms with Crippen molar-refractivity contribution in [3.05, 3.63) is 71.8 Å². The highest BCUT2D eigenvalue weighted by Gasteiger charge is 2.11. The van der Waals surface area contributed by atoms with Gasteiger partial charge in [0.15, 0.2) is 11.5 Å². The van der Waals surface area contributed by atoms with Crippen molar-refractivity contribution < 1.29 is 9.47 Å². The molecule has 3 rings (SSSR count). The topological polar surface area (TPSA) is 61.2 Å². The number of hydrogen-bond acceptors (Lipinski definition) is 5. The van der Waals surface area contributed by atoms with Crippen LogP contribution in [0.25, 0.3) is 0 Å². The average molecular weight is 324 g/mol. The number of para-hydroxylation sites is 1. The summed E-state index contributed by atoms with van der Waals surface area (Å²) in [6.07, 6.45) is 3.21. The van der Waals surface area contributed by atoms with Crippen molar-refractivity contribution in [3.8, 4) is 11.5 Å². The lowest BCUT2D eigenvalue weighted by atomic mass is 10.1. The first kappa shape index (κ1) is 15.9. The van der Waals surface area contributed by atoms with Gasteiger partial charge in [-0.25, -0.2) is 4.68 Å². The Hall–Kier alpha value is -3.02. The zero-order valence-electron chi connectivity index (χ0n) is 13.8. The molecule has 1 N–H and O–H groups in total. The van der Waals surface area contributed by atoms with Crippen molar-refractivity contribution in [2.24, 2.45) is 0 Å². The van der Waals surface area contributed by atoms with E-state index in [2.05, 4.69) is 34.7 Å². The molecule has 0 saturated heterocycles. The lowest BCUT2D eigenvalue weighted by Gasteiger charge is -2.16. The Balaban J connectivity index is 1.78. The third-order valence-corrected chi connectivity index (χ3v) is 3.78. The maximum atomic E-state index is 6.09. The normalized spacial score (nSPS) is 10.4. The minimum absolute atomic E-state index is 0.493. The number of nitrogens with one attached hydrogen (secondary N) is 1. The highest BCUT2D eigenvalue weighted by molar-refractivity contribution is 5.47. The van der Waals surface area contributed by atoms with E-state index in [-0.39, 0.29) is 0 Å². The number of benzene rings is 2. The fourth-order valence-corrected chi connectivity index (χ4v) is 2.41. The van der Waals surface area contributed by atoms with Gasteiger partial charge in [-0.05, 0) is 24.1 Å². The summed E-state index contributed by atoms with van der Waals surface area (Å²) in [5.41, 5.74) is 6.55. The quantitative estimate of drug-likeness (QED) is 0.724. The zero-order valence-corrected chi connectivity index (χ0v) is 13.8. The minimum Gasteiger partial charge on any atom is -0.493 e. The molecule has 0 saturated carbocycles. The van der Waals surface area contributed by atoms with Gasteiger partial charge in [-0.15, -0.1) is 10.2 Å². The van der Waals surface area contributed by atoms with E-state index < -0.39 is 0 Å². The summed E-state index contributed by atoms with van der Waals surface area (Å²) >= 11 is 0. The van der Waals surface area contributed by atoms with Crippen molar-refractivity contribution in [3.63, 3.8) is 0 Å². The molecule has 2 aromatic carbocycles. The summed E-state index contributed by atoms with van der Waals surface area (Å²) in [4.78, 5) is 0. The number of ether oxygens (including phenoxy) is 2. The predicted molar refractivity (Wildman–Crippen MR) is 91.6 cm³/mol. The second-order valence-corrected chi connectivity index (χ2v) is 5.37. The van der Waals surface area contributed by atoms with Gasteiger partial charge >= 0.3 is 0 Å². The molecular formula is C18H20N4O2. The number of hydrogen-bond donors (Lipinski definition) is 1. The number of rotatable bonds is 7. The van der Waals surface area contributed by atoms with Gasteiger partial charge in [-0.3, -0.25) is 0 Å². The van der Waals surface area contributed by atoms with Crippen molar-refractivity contribution in [1.29, 1.82) is 0 Å². The molecule has 6 heteroatoms. The Morgan fingerprint density at radius 2 is 1.75 bits per heavy atom. The van der Waals surface area contributed by atoms with Gasteiger partial charge in [0.25, 0.3) is 0 Å². The van der Waals surface area contributed by atoms with Gasteiger partial charge < -0.3 is 14.9 Å². The SMILES string of the molecule is COc1cccc(CNn2cnnc2)c1OCc1ccccc1C. The smallest absolute Gasteiger partial charge is 0.166 e. The van der Waals surface area contributed by atoms with Crippen LogP contribution in [0, 0.1) is 6.92 Å². The third-order valence-electron chi connectivity index (χ3n) is 3.78. The number of nitrogens with zero attached hydrogens (tertiary/aromatic N) is 3.